The van der Waals surface area contributed by atoms with Crippen molar-refractivity contribution in [2.75, 3.05) is 17.1 Å². The number of methoxy groups -OCH3 is 1. The van der Waals surface area contributed by atoms with E-state index in [1.165, 1.54) is 25.3 Å². The Bertz CT molecular complexity index is 847. The molecule has 0 aliphatic carbocycles. The summed E-state index contributed by atoms with van der Waals surface area (Å²) in [7, 11) is -2.33. The molecule has 1 amide bonds. The summed E-state index contributed by atoms with van der Waals surface area (Å²) in [5, 5.41) is 2.64. The molecule has 2 aromatic carbocycles. The summed E-state index contributed by atoms with van der Waals surface area (Å²) >= 11 is 0. The second kappa shape index (κ2) is 7.35. The van der Waals surface area contributed by atoms with Gasteiger partial charge < -0.3 is 10.1 Å². The van der Waals surface area contributed by atoms with Gasteiger partial charge in [-0.15, -0.1) is 0 Å². The van der Waals surface area contributed by atoms with Gasteiger partial charge >= 0.3 is 0 Å². The fourth-order valence-electron chi connectivity index (χ4n) is 2.08. The van der Waals surface area contributed by atoms with E-state index < -0.39 is 10.0 Å². The van der Waals surface area contributed by atoms with Crippen molar-refractivity contribution in [2.24, 2.45) is 0 Å². The first-order chi connectivity index (χ1) is 11.4. The highest BCUT2D eigenvalue weighted by Crippen LogP contribution is 2.29. The lowest BCUT2D eigenvalue weighted by Crippen LogP contribution is -2.15. The molecular weight excluding hydrogens is 328 g/mol. The van der Waals surface area contributed by atoms with Gasteiger partial charge in [0.15, 0.2) is 0 Å². The molecule has 0 heterocycles. The highest BCUT2D eigenvalue weighted by Gasteiger charge is 2.18. The maximum atomic E-state index is 12.6. The highest BCUT2D eigenvalue weighted by atomic mass is 32.2. The number of sulfonamides is 1. The van der Waals surface area contributed by atoms with Crippen molar-refractivity contribution in [1.82, 2.24) is 0 Å². The van der Waals surface area contributed by atoms with E-state index in [1.807, 2.05) is 19.1 Å². The van der Waals surface area contributed by atoms with Crippen molar-refractivity contribution in [3.8, 4) is 5.75 Å². The Morgan fingerprint density at radius 1 is 1.12 bits per heavy atom. The molecule has 2 rings (SSSR count). The molecule has 0 atom stereocenters. The van der Waals surface area contributed by atoms with Gasteiger partial charge in [-0.2, -0.15) is 0 Å². The number of nitrogens with one attached hydrogen (secondary N) is 2. The maximum absolute atomic E-state index is 12.6. The van der Waals surface area contributed by atoms with E-state index in [1.54, 1.807) is 19.1 Å². The molecule has 6 nitrogen and oxygen atoms in total. The average Bonchev–Trinajstić information content (AvgIpc) is 2.56. The van der Waals surface area contributed by atoms with E-state index in [2.05, 4.69) is 10.0 Å². The van der Waals surface area contributed by atoms with Gasteiger partial charge in [-0.3, -0.25) is 9.52 Å². The fraction of sp³-hybridized carbons (Fsp3) is 0.235. The van der Waals surface area contributed by atoms with Gasteiger partial charge in [0, 0.05) is 6.42 Å². The first-order valence-electron chi connectivity index (χ1n) is 7.43. The van der Waals surface area contributed by atoms with Crippen LogP contribution < -0.4 is 14.8 Å². The molecular formula is C17H20N2O4S. The Morgan fingerprint density at radius 3 is 2.46 bits per heavy atom. The molecule has 24 heavy (non-hydrogen) atoms. The molecule has 0 aliphatic heterocycles. The smallest absolute Gasteiger partial charge is 0.261 e. The van der Waals surface area contributed by atoms with Gasteiger partial charge in [0.2, 0.25) is 5.91 Å². The molecule has 7 heteroatoms. The van der Waals surface area contributed by atoms with E-state index in [-0.39, 0.29) is 17.2 Å². The number of benzene rings is 2. The van der Waals surface area contributed by atoms with E-state index in [0.29, 0.717) is 17.1 Å². The molecule has 0 spiro atoms. The summed E-state index contributed by atoms with van der Waals surface area (Å²) in [5.74, 6) is 0.168. The van der Waals surface area contributed by atoms with Crippen molar-refractivity contribution in [1.29, 1.82) is 0 Å². The zero-order valence-corrected chi connectivity index (χ0v) is 14.6. The van der Waals surface area contributed by atoms with Crippen LogP contribution in [0.15, 0.2) is 47.4 Å². The molecule has 2 aromatic rings. The number of rotatable bonds is 6. The average molecular weight is 348 g/mol. The minimum absolute atomic E-state index is 0.0398. The number of ether oxygens (including phenoxy) is 1. The first kappa shape index (κ1) is 17.8. The molecule has 0 saturated carbocycles. The second-order valence-electron chi connectivity index (χ2n) is 5.18. The first-order valence-corrected chi connectivity index (χ1v) is 8.92. The largest absolute Gasteiger partial charge is 0.495 e. The second-order valence-corrected chi connectivity index (χ2v) is 6.87. The van der Waals surface area contributed by atoms with Gasteiger partial charge in [0.05, 0.1) is 23.4 Å². The predicted octanol–water partition coefficient (Wildman–Crippen LogP) is 3.15. The number of amides is 1. The summed E-state index contributed by atoms with van der Waals surface area (Å²) in [6.07, 6.45) is 0.279. The van der Waals surface area contributed by atoms with Gasteiger partial charge in [-0.05, 0) is 36.8 Å². The fourth-order valence-corrected chi connectivity index (χ4v) is 3.24. The molecule has 128 valence electrons. The Hall–Kier alpha value is -2.54. The van der Waals surface area contributed by atoms with Crippen LogP contribution in [0.5, 0.6) is 5.75 Å². The SMILES string of the molecule is CCC(=O)Nc1cc(S(=O)(=O)Nc2ccccc2C)ccc1OC. The zero-order valence-electron chi connectivity index (χ0n) is 13.8. The monoisotopic (exact) mass is 348 g/mol. The number of carbonyl (C=O) groups excluding carboxylic acids is 1. The van der Waals surface area contributed by atoms with E-state index >= 15 is 0 Å². The van der Waals surface area contributed by atoms with Gasteiger partial charge in [0.25, 0.3) is 10.0 Å². The Kier molecular flexibility index (Phi) is 5.46. The summed E-state index contributed by atoms with van der Waals surface area (Å²) in [6.45, 7) is 3.53. The van der Waals surface area contributed by atoms with Crippen molar-refractivity contribution in [3.05, 3.63) is 48.0 Å². The van der Waals surface area contributed by atoms with Crippen molar-refractivity contribution in [3.63, 3.8) is 0 Å². The van der Waals surface area contributed by atoms with Crippen LogP contribution in [0.25, 0.3) is 0 Å². The number of hydrogen-bond donors (Lipinski definition) is 2. The summed E-state index contributed by atoms with van der Waals surface area (Å²) < 4.78 is 32.9. The number of aryl methyl sites for hydroxylation is 1. The Morgan fingerprint density at radius 2 is 1.83 bits per heavy atom. The van der Waals surface area contributed by atoms with Crippen LogP contribution in [0.1, 0.15) is 18.9 Å². The molecule has 0 radical (unpaired) electrons. The molecule has 0 unspecified atom stereocenters. The number of para-hydroxylation sites is 1. The lowest BCUT2D eigenvalue weighted by molar-refractivity contribution is -0.115. The number of anilines is 2. The standard InChI is InChI=1S/C17H20N2O4S/c1-4-17(20)18-15-11-13(9-10-16(15)23-3)24(21,22)19-14-8-6-5-7-12(14)2/h5-11,19H,4H2,1-3H3,(H,18,20). The van der Waals surface area contributed by atoms with Crippen LogP contribution in [0.3, 0.4) is 0 Å². The van der Waals surface area contributed by atoms with Crippen molar-refractivity contribution >= 4 is 27.3 Å². The quantitative estimate of drug-likeness (QED) is 0.840. The Balaban J connectivity index is 2.38. The predicted molar refractivity (Wildman–Crippen MR) is 93.9 cm³/mol. The topological polar surface area (TPSA) is 84.5 Å². The van der Waals surface area contributed by atoms with E-state index in [9.17, 15) is 13.2 Å². The van der Waals surface area contributed by atoms with Crippen LogP contribution in [0, 0.1) is 6.92 Å². The van der Waals surface area contributed by atoms with E-state index in [4.69, 9.17) is 4.74 Å². The summed E-state index contributed by atoms with van der Waals surface area (Å²) in [4.78, 5) is 11.7. The van der Waals surface area contributed by atoms with Crippen LogP contribution >= 0.6 is 0 Å². The van der Waals surface area contributed by atoms with Gasteiger partial charge in [-0.1, -0.05) is 25.1 Å². The zero-order chi connectivity index (χ0) is 17.7. The van der Waals surface area contributed by atoms with Crippen molar-refractivity contribution in [2.45, 2.75) is 25.2 Å². The lowest BCUT2D eigenvalue weighted by Gasteiger charge is -2.14. The van der Waals surface area contributed by atoms with E-state index in [0.717, 1.165) is 5.56 Å². The molecule has 0 bridgehead atoms. The summed E-state index contributed by atoms with van der Waals surface area (Å²) in [6, 6.07) is 11.4. The van der Waals surface area contributed by atoms with Crippen LogP contribution in [0.2, 0.25) is 0 Å². The molecule has 0 saturated heterocycles. The molecule has 2 N–H and O–H groups in total. The minimum atomic E-state index is -3.78. The maximum Gasteiger partial charge on any atom is 0.261 e. The van der Waals surface area contributed by atoms with Crippen LogP contribution in [-0.4, -0.2) is 21.4 Å². The third-order valence-electron chi connectivity index (χ3n) is 3.47. The third kappa shape index (κ3) is 4.05. The lowest BCUT2D eigenvalue weighted by atomic mass is 10.2. The number of carbonyl (C=O) groups is 1. The number of hydrogen-bond acceptors (Lipinski definition) is 4. The van der Waals surface area contributed by atoms with Crippen LogP contribution in [-0.2, 0) is 14.8 Å². The Labute approximate surface area is 141 Å². The van der Waals surface area contributed by atoms with Crippen molar-refractivity contribution < 1.29 is 17.9 Å². The van der Waals surface area contributed by atoms with Gasteiger partial charge in [-0.25, -0.2) is 8.42 Å². The summed E-state index contributed by atoms with van der Waals surface area (Å²) in [5.41, 5.74) is 1.64. The molecule has 0 fully saturated rings. The normalized spacial score (nSPS) is 11.0. The highest BCUT2D eigenvalue weighted by molar-refractivity contribution is 7.92. The van der Waals surface area contributed by atoms with Gasteiger partial charge in [0.1, 0.15) is 5.75 Å². The third-order valence-corrected chi connectivity index (χ3v) is 4.83. The molecule has 0 aliphatic rings. The molecule has 0 aromatic heterocycles. The minimum Gasteiger partial charge on any atom is -0.495 e. The van der Waals surface area contributed by atoms with Crippen LogP contribution in [0.4, 0.5) is 11.4 Å².